The van der Waals surface area contributed by atoms with Crippen molar-refractivity contribution in [1.82, 2.24) is 0 Å². The lowest BCUT2D eigenvalue weighted by molar-refractivity contribution is -0.138. The largest absolute Gasteiger partial charge is 0.489 e. The van der Waals surface area contributed by atoms with Gasteiger partial charge >= 0.3 is 5.97 Å². The SMILES string of the molecule is CCOC(=O)C1=C(C)OC(/C=C/c2ccccc2)C1c1ccccc1. The quantitative estimate of drug-likeness (QED) is 0.742. The minimum absolute atomic E-state index is 0.166. The van der Waals surface area contributed by atoms with Crippen LogP contribution in [0.5, 0.6) is 0 Å². The third-order valence-corrected chi connectivity index (χ3v) is 4.26. The summed E-state index contributed by atoms with van der Waals surface area (Å²) >= 11 is 0. The monoisotopic (exact) mass is 334 g/mol. The first-order chi connectivity index (χ1) is 12.2. The number of allylic oxidation sites excluding steroid dienone is 1. The second-order valence-corrected chi connectivity index (χ2v) is 5.93. The summed E-state index contributed by atoms with van der Waals surface area (Å²) in [6.07, 6.45) is 3.81. The zero-order chi connectivity index (χ0) is 17.6. The molecule has 3 rings (SSSR count). The predicted molar refractivity (Wildman–Crippen MR) is 98.9 cm³/mol. The molecule has 2 aromatic rings. The van der Waals surface area contributed by atoms with Crippen molar-refractivity contribution in [2.24, 2.45) is 0 Å². The molecule has 2 unspecified atom stereocenters. The fourth-order valence-electron chi connectivity index (χ4n) is 3.14. The van der Waals surface area contributed by atoms with Gasteiger partial charge < -0.3 is 9.47 Å². The van der Waals surface area contributed by atoms with E-state index in [4.69, 9.17) is 9.47 Å². The van der Waals surface area contributed by atoms with Crippen molar-refractivity contribution in [3.63, 3.8) is 0 Å². The Kier molecular flexibility index (Phi) is 5.34. The van der Waals surface area contributed by atoms with E-state index < -0.39 is 0 Å². The Hall–Kier alpha value is -2.81. The highest BCUT2D eigenvalue weighted by molar-refractivity contribution is 5.91. The zero-order valence-corrected chi connectivity index (χ0v) is 14.5. The number of carbonyl (C=O) groups excluding carboxylic acids is 1. The van der Waals surface area contributed by atoms with Crippen molar-refractivity contribution in [2.45, 2.75) is 25.9 Å². The van der Waals surface area contributed by atoms with E-state index in [9.17, 15) is 4.79 Å². The highest BCUT2D eigenvalue weighted by Crippen LogP contribution is 2.40. The lowest BCUT2D eigenvalue weighted by Gasteiger charge is -2.18. The van der Waals surface area contributed by atoms with Crippen LogP contribution in [0.3, 0.4) is 0 Å². The fourth-order valence-corrected chi connectivity index (χ4v) is 3.14. The average molecular weight is 334 g/mol. The van der Waals surface area contributed by atoms with Crippen LogP contribution < -0.4 is 0 Å². The zero-order valence-electron chi connectivity index (χ0n) is 14.5. The third-order valence-electron chi connectivity index (χ3n) is 4.26. The van der Waals surface area contributed by atoms with E-state index in [1.165, 1.54) is 0 Å². The molecule has 0 N–H and O–H groups in total. The number of rotatable bonds is 5. The van der Waals surface area contributed by atoms with Gasteiger partial charge in [-0.15, -0.1) is 0 Å². The minimum atomic E-state index is -0.301. The Bertz CT molecular complexity index is 775. The van der Waals surface area contributed by atoms with E-state index in [0.29, 0.717) is 17.9 Å². The van der Waals surface area contributed by atoms with Gasteiger partial charge in [-0.2, -0.15) is 0 Å². The van der Waals surface area contributed by atoms with Gasteiger partial charge in [-0.25, -0.2) is 4.79 Å². The van der Waals surface area contributed by atoms with Gasteiger partial charge in [0.1, 0.15) is 11.9 Å². The fraction of sp³-hybridized carbons (Fsp3) is 0.227. The molecule has 0 amide bonds. The van der Waals surface area contributed by atoms with Crippen molar-refractivity contribution in [3.05, 3.63) is 89.2 Å². The molecule has 1 aliphatic rings. The molecule has 25 heavy (non-hydrogen) atoms. The van der Waals surface area contributed by atoms with Gasteiger partial charge in [0.2, 0.25) is 0 Å². The Labute approximate surface area is 148 Å². The number of hydrogen-bond acceptors (Lipinski definition) is 3. The van der Waals surface area contributed by atoms with Crippen LogP contribution in [0.1, 0.15) is 30.9 Å². The van der Waals surface area contributed by atoms with E-state index in [1.807, 2.05) is 86.7 Å². The van der Waals surface area contributed by atoms with E-state index >= 15 is 0 Å². The molecule has 3 heteroatoms. The molecule has 2 atom stereocenters. The number of carbonyl (C=O) groups is 1. The van der Waals surface area contributed by atoms with Crippen LogP contribution in [0, 0.1) is 0 Å². The molecule has 0 bridgehead atoms. The second-order valence-electron chi connectivity index (χ2n) is 5.93. The molecule has 1 aliphatic heterocycles. The molecule has 0 aliphatic carbocycles. The van der Waals surface area contributed by atoms with E-state index in [-0.39, 0.29) is 18.0 Å². The summed E-state index contributed by atoms with van der Waals surface area (Å²) in [7, 11) is 0. The summed E-state index contributed by atoms with van der Waals surface area (Å²) in [6.45, 7) is 3.99. The third kappa shape index (κ3) is 3.82. The molecule has 0 saturated carbocycles. The molecule has 0 spiro atoms. The Morgan fingerprint density at radius 2 is 1.72 bits per heavy atom. The number of benzene rings is 2. The summed E-state index contributed by atoms with van der Waals surface area (Å²) < 4.78 is 11.3. The summed E-state index contributed by atoms with van der Waals surface area (Å²) in [6, 6.07) is 20.0. The Morgan fingerprint density at radius 1 is 1.08 bits per heavy atom. The van der Waals surface area contributed by atoms with E-state index in [2.05, 4.69) is 0 Å². The summed E-state index contributed by atoms with van der Waals surface area (Å²) in [5.41, 5.74) is 2.75. The molecule has 2 aromatic carbocycles. The molecule has 0 radical (unpaired) electrons. The molecule has 0 saturated heterocycles. The van der Waals surface area contributed by atoms with Gasteiger partial charge in [-0.1, -0.05) is 66.7 Å². The maximum absolute atomic E-state index is 12.5. The molecule has 3 nitrogen and oxygen atoms in total. The van der Waals surface area contributed by atoms with E-state index in [0.717, 1.165) is 11.1 Å². The van der Waals surface area contributed by atoms with Gasteiger partial charge in [-0.05, 0) is 31.1 Å². The molecule has 1 heterocycles. The van der Waals surface area contributed by atoms with Crippen LogP contribution in [0.15, 0.2) is 78.1 Å². The predicted octanol–water partition coefficient (Wildman–Crippen LogP) is 4.72. The molecule has 0 aromatic heterocycles. The van der Waals surface area contributed by atoms with Gasteiger partial charge in [0.05, 0.1) is 18.1 Å². The van der Waals surface area contributed by atoms with Gasteiger partial charge in [-0.3, -0.25) is 0 Å². The summed E-state index contributed by atoms with van der Waals surface area (Å²) in [5, 5.41) is 0. The van der Waals surface area contributed by atoms with Crippen LogP contribution in [0.25, 0.3) is 6.08 Å². The lowest BCUT2D eigenvalue weighted by Crippen LogP contribution is -2.19. The normalized spacial score (nSPS) is 19.9. The van der Waals surface area contributed by atoms with E-state index in [1.54, 1.807) is 0 Å². The molecule has 0 fully saturated rings. The molecular weight excluding hydrogens is 312 g/mol. The van der Waals surface area contributed by atoms with Crippen LogP contribution in [0.2, 0.25) is 0 Å². The van der Waals surface area contributed by atoms with Crippen LogP contribution >= 0.6 is 0 Å². The average Bonchev–Trinajstić information content (AvgIpc) is 2.98. The Morgan fingerprint density at radius 3 is 2.36 bits per heavy atom. The number of esters is 1. The van der Waals surface area contributed by atoms with Gasteiger partial charge in [0.25, 0.3) is 0 Å². The first kappa shape index (κ1) is 17.0. The van der Waals surface area contributed by atoms with Crippen molar-refractivity contribution in [1.29, 1.82) is 0 Å². The second kappa shape index (κ2) is 7.84. The summed E-state index contributed by atoms with van der Waals surface area (Å²) in [5.74, 6) is 0.166. The first-order valence-electron chi connectivity index (χ1n) is 8.53. The maximum atomic E-state index is 12.5. The number of ether oxygens (including phenoxy) is 2. The van der Waals surface area contributed by atoms with Gasteiger partial charge in [0, 0.05) is 0 Å². The number of hydrogen-bond donors (Lipinski definition) is 0. The van der Waals surface area contributed by atoms with Crippen molar-refractivity contribution >= 4 is 12.0 Å². The smallest absolute Gasteiger partial charge is 0.338 e. The van der Waals surface area contributed by atoms with Crippen molar-refractivity contribution in [3.8, 4) is 0 Å². The lowest BCUT2D eigenvalue weighted by atomic mass is 9.87. The van der Waals surface area contributed by atoms with Crippen molar-refractivity contribution in [2.75, 3.05) is 6.61 Å². The molecule has 128 valence electrons. The van der Waals surface area contributed by atoms with Crippen LogP contribution in [-0.2, 0) is 14.3 Å². The summed E-state index contributed by atoms with van der Waals surface area (Å²) in [4.78, 5) is 12.5. The van der Waals surface area contributed by atoms with Gasteiger partial charge in [0.15, 0.2) is 0 Å². The van der Waals surface area contributed by atoms with Crippen LogP contribution in [-0.4, -0.2) is 18.7 Å². The topological polar surface area (TPSA) is 35.5 Å². The highest BCUT2D eigenvalue weighted by Gasteiger charge is 2.39. The van der Waals surface area contributed by atoms with Crippen LogP contribution in [0.4, 0.5) is 0 Å². The standard InChI is InChI=1S/C22H22O3/c1-3-24-22(23)20-16(2)25-19(15-14-17-10-6-4-7-11-17)21(20)18-12-8-5-9-13-18/h4-15,19,21H,3H2,1-2H3/b15-14+. The highest BCUT2D eigenvalue weighted by atomic mass is 16.5. The molecular formula is C22H22O3. The van der Waals surface area contributed by atoms with Crippen molar-refractivity contribution < 1.29 is 14.3 Å². The minimum Gasteiger partial charge on any atom is -0.489 e. The Balaban J connectivity index is 1.93. The first-order valence-corrected chi connectivity index (χ1v) is 8.53. The maximum Gasteiger partial charge on any atom is 0.338 e.